The number of carbonyl (C=O) groups excluding carboxylic acids is 1. The van der Waals surface area contributed by atoms with Crippen molar-refractivity contribution >= 4 is 23.3 Å². The van der Waals surface area contributed by atoms with Crippen molar-refractivity contribution < 1.29 is 9.53 Å². The molecular formula is C14H20ClN3O2. The average molecular weight is 298 g/mol. The molecule has 1 aromatic heterocycles. The summed E-state index contributed by atoms with van der Waals surface area (Å²) in [5.41, 5.74) is 0.580. The highest BCUT2D eigenvalue weighted by Gasteiger charge is 2.24. The number of aromatic nitrogens is 1. The van der Waals surface area contributed by atoms with Crippen molar-refractivity contribution in [3.63, 3.8) is 0 Å². The number of carbonyl (C=O) groups is 1. The second-order valence-electron chi connectivity index (χ2n) is 4.82. The van der Waals surface area contributed by atoms with Crippen LogP contribution < -0.4 is 5.32 Å². The van der Waals surface area contributed by atoms with E-state index in [9.17, 15) is 4.79 Å². The largest absolute Gasteiger partial charge is 0.381 e. The van der Waals surface area contributed by atoms with E-state index in [1.165, 1.54) is 0 Å². The van der Waals surface area contributed by atoms with Crippen LogP contribution in [0.2, 0.25) is 5.15 Å². The second kappa shape index (κ2) is 6.90. The summed E-state index contributed by atoms with van der Waals surface area (Å²) in [6, 6.07) is 3.37. The van der Waals surface area contributed by atoms with Crippen LogP contribution in [-0.2, 0) is 4.74 Å². The monoisotopic (exact) mass is 297 g/mol. The lowest BCUT2D eigenvalue weighted by Gasteiger charge is -2.31. The van der Waals surface area contributed by atoms with E-state index < -0.39 is 0 Å². The van der Waals surface area contributed by atoms with E-state index in [1.807, 2.05) is 11.8 Å². The summed E-state index contributed by atoms with van der Waals surface area (Å²) >= 11 is 5.97. The molecule has 1 fully saturated rings. The number of ether oxygens (including phenoxy) is 1. The molecule has 0 saturated carbocycles. The van der Waals surface area contributed by atoms with E-state index >= 15 is 0 Å². The van der Waals surface area contributed by atoms with Crippen molar-refractivity contribution in [2.45, 2.75) is 25.9 Å². The summed E-state index contributed by atoms with van der Waals surface area (Å²) in [5, 5.41) is 3.41. The molecule has 1 N–H and O–H groups in total. The molecular weight excluding hydrogens is 278 g/mol. The van der Waals surface area contributed by atoms with Gasteiger partial charge in [0.15, 0.2) is 0 Å². The zero-order chi connectivity index (χ0) is 14.5. The molecule has 1 aliphatic rings. The lowest BCUT2D eigenvalue weighted by molar-refractivity contribution is 0.0351. The lowest BCUT2D eigenvalue weighted by Crippen LogP contribution is -2.40. The van der Waals surface area contributed by atoms with Gasteiger partial charge in [-0.2, -0.15) is 0 Å². The highest BCUT2D eigenvalue weighted by molar-refractivity contribution is 6.29. The van der Waals surface area contributed by atoms with Gasteiger partial charge in [-0.05, 0) is 31.9 Å². The van der Waals surface area contributed by atoms with Crippen LogP contribution in [0.5, 0.6) is 0 Å². The van der Waals surface area contributed by atoms with Gasteiger partial charge in [0, 0.05) is 32.3 Å². The number of anilines is 1. The first-order chi connectivity index (χ1) is 9.63. The molecule has 0 atom stereocenters. The van der Waals surface area contributed by atoms with Gasteiger partial charge in [-0.25, -0.2) is 4.98 Å². The Bertz CT molecular complexity index is 473. The van der Waals surface area contributed by atoms with Crippen molar-refractivity contribution in [3.05, 3.63) is 22.8 Å². The van der Waals surface area contributed by atoms with Crippen LogP contribution in [-0.4, -0.2) is 48.6 Å². The molecule has 1 aliphatic heterocycles. The van der Waals surface area contributed by atoms with Crippen molar-refractivity contribution in [2.75, 3.05) is 32.1 Å². The van der Waals surface area contributed by atoms with Crippen LogP contribution in [0.15, 0.2) is 12.1 Å². The third kappa shape index (κ3) is 3.61. The van der Waals surface area contributed by atoms with Crippen LogP contribution in [0.25, 0.3) is 0 Å². The van der Waals surface area contributed by atoms with Crippen molar-refractivity contribution in [3.8, 4) is 0 Å². The Hall–Kier alpha value is -1.33. The number of methoxy groups -OCH3 is 1. The minimum Gasteiger partial charge on any atom is -0.381 e. The Kier molecular flexibility index (Phi) is 5.20. The van der Waals surface area contributed by atoms with E-state index in [0.29, 0.717) is 29.6 Å². The quantitative estimate of drug-likeness (QED) is 0.867. The molecule has 0 spiro atoms. The molecule has 0 bridgehead atoms. The minimum atomic E-state index is 0.00278. The summed E-state index contributed by atoms with van der Waals surface area (Å²) < 4.78 is 5.32. The first-order valence-corrected chi connectivity index (χ1v) is 7.25. The van der Waals surface area contributed by atoms with Gasteiger partial charge in [0.2, 0.25) is 0 Å². The zero-order valence-electron chi connectivity index (χ0n) is 11.9. The molecule has 0 aliphatic carbocycles. The summed E-state index contributed by atoms with van der Waals surface area (Å²) in [6.07, 6.45) is 2.01. The number of hydrogen-bond acceptors (Lipinski definition) is 4. The summed E-state index contributed by atoms with van der Waals surface area (Å²) in [7, 11) is 1.72. The highest BCUT2D eigenvalue weighted by Crippen LogP contribution is 2.19. The third-order valence-electron chi connectivity index (χ3n) is 3.46. The lowest BCUT2D eigenvalue weighted by atomic mass is 10.1. The SMILES string of the molecule is CCNc1cc(C(=O)N2CCC(OC)CC2)cc(Cl)n1. The van der Waals surface area contributed by atoms with Crippen LogP contribution in [0.4, 0.5) is 5.82 Å². The van der Waals surface area contributed by atoms with Gasteiger partial charge in [-0.1, -0.05) is 11.6 Å². The Morgan fingerprint density at radius 3 is 2.80 bits per heavy atom. The smallest absolute Gasteiger partial charge is 0.254 e. The van der Waals surface area contributed by atoms with Crippen LogP contribution in [0.1, 0.15) is 30.1 Å². The van der Waals surface area contributed by atoms with Gasteiger partial charge >= 0.3 is 0 Å². The molecule has 5 nitrogen and oxygen atoms in total. The predicted octanol–water partition coefficient (Wildman–Crippen LogP) is 2.42. The first kappa shape index (κ1) is 15.1. The highest BCUT2D eigenvalue weighted by atomic mass is 35.5. The van der Waals surface area contributed by atoms with Gasteiger partial charge in [-0.3, -0.25) is 4.79 Å². The number of halogens is 1. The zero-order valence-corrected chi connectivity index (χ0v) is 12.6. The molecule has 110 valence electrons. The summed E-state index contributed by atoms with van der Waals surface area (Å²) in [6.45, 7) is 4.14. The van der Waals surface area contributed by atoms with Crippen LogP contribution in [0.3, 0.4) is 0 Å². The summed E-state index contributed by atoms with van der Waals surface area (Å²) in [4.78, 5) is 18.5. The maximum Gasteiger partial charge on any atom is 0.254 e. The first-order valence-electron chi connectivity index (χ1n) is 6.87. The minimum absolute atomic E-state index is 0.00278. The van der Waals surface area contributed by atoms with Crippen molar-refractivity contribution in [2.24, 2.45) is 0 Å². The predicted molar refractivity (Wildman–Crippen MR) is 79.3 cm³/mol. The van der Waals surface area contributed by atoms with E-state index in [1.54, 1.807) is 19.2 Å². The number of pyridine rings is 1. The molecule has 0 aromatic carbocycles. The van der Waals surface area contributed by atoms with E-state index in [2.05, 4.69) is 10.3 Å². The van der Waals surface area contributed by atoms with E-state index in [-0.39, 0.29) is 12.0 Å². The van der Waals surface area contributed by atoms with Crippen LogP contribution >= 0.6 is 11.6 Å². The fourth-order valence-electron chi connectivity index (χ4n) is 2.37. The number of likely N-dealkylation sites (tertiary alicyclic amines) is 1. The Balaban J connectivity index is 2.09. The summed E-state index contributed by atoms with van der Waals surface area (Å²) in [5.74, 6) is 0.637. The number of rotatable bonds is 4. The molecule has 1 aromatic rings. The fourth-order valence-corrected chi connectivity index (χ4v) is 2.58. The number of piperidine rings is 1. The van der Waals surface area contributed by atoms with Crippen LogP contribution in [0, 0.1) is 0 Å². The van der Waals surface area contributed by atoms with Crippen molar-refractivity contribution in [1.82, 2.24) is 9.88 Å². The van der Waals surface area contributed by atoms with E-state index in [0.717, 1.165) is 19.4 Å². The fraction of sp³-hybridized carbons (Fsp3) is 0.571. The Labute approximate surface area is 124 Å². The standard InChI is InChI=1S/C14H20ClN3O2/c1-3-16-13-9-10(8-12(15)17-13)14(19)18-6-4-11(20-2)5-7-18/h8-9,11H,3-7H2,1-2H3,(H,16,17). The molecule has 2 heterocycles. The maximum absolute atomic E-state index is 12.5. The molecule has 1 saturated heterocycles. The topological polar surface area (TPSA) is 54.5 Å². The van der Waals surface area contributed by atoms with E-state index in [4.69, 9.17) is 16.3 Å². The Morgan fingerprint density at radius 1 is 1.50 bits per heavy atom. The van der Waals surface area contributed by atoms with Gasteiger partial charge in [0.1, 0.15) is 11.0 Å². The molecule has 20 heavy (non-hydrogen) atoms. The molecule has 2 rings (SSSR count). The Morgan fingerprint density at radius 2 is 2.20 bits per heavy atom. The van der Waals surface area contributed by atoms with Gasteiger partial charge in [0.05, 0.1) is 6.10 Å². The molecule has 0 unspecified atom stereocenters. The number of nitrogens with one attached hydrogen (secondary N) is 1. The second-order valence-corrected chi connectivity index (χ2v) is 5.21. The average Bonchev–Trinajstić information content (AvgIpc) is 2.46. The molecule has 1 amide bonds. The maximum atomic E-state index is 12.5. The molecule has 0 radical (unpaired) electrons. The normalized spacial score (nSPS) is 16.2. The van der Waals surface area contributed by atoms with Crippen molar-refractivity contribution in [1.29, 1.82) is 0 Å². The number of hydrogen-bond donors (Lipinski definition) is 1. The number of nitrogens with zero attached hydrogens (tertiary/aromatic N) is 2. The van der Waals surface area contributed by atoms with Gasteiger partial charge < -0.3 is 15.0 Å². The number of amides is 1. The molecule has 6 heteroatoms. The third-order valence-corrected chi connectivity index (χ3v) is 3.66. The van der Waals surface area contributed by atoms with Gasteiger partial charge in [0.25, 0.3) is 5.91 Å². The van der Waals surface area contributed by atoms with Gasteiger partial charge in [-0.15, -0.1) is 0 Å².